The quantitative estimate of drug-likeness (QED) is 0.584. The first kappa shape index (κ1) is 10.6. The molecule has 0 saturated heterocycles. The molecule has 4 heteroatoms. The standard InChI is InChI=1S/C12H8ClN3/c1-14-11-5-3-2-4-9(11)8-10-6-7-15-12(13)16-10/h2-7H,8H2. The molecule has 0 amide bonds. The van der Waals surface area contributed by atoms with Crippen LogP contribution in [0.1, 0.15) is 11.3 Å². The van der Waals surface area contributed by atoms with Gasteiger partial charge in [-0.25, -0.2) is 14.8 Å². The Morgan fingerprint density at radius 2 is 2.06 bits per heavy atom. The number of benzene rings is 1. The summed E-state index contributed by atoms with van der Waals surface area (Å²) in [6.07, 6.45) is 2.21. The molecule has 16 heavy (non-hydrogen) atoms. The molecular weight excluding hydrogens is 222 g/mol. The summed E-state index contributed by atoms with van der Waals surface area (Å²) in [5.41, 5.74) is 2.42. The van der Waals surface area contributed by atoms with Crippen LogP contribution in [0.5, 0.6) is 0 Å². The summed E-state index contributed by atoms with van der Waals surface area (Å²) in [5.74, 6) is 0. The molecule has 0 aliphatic rings. The highest BCUT2D eigenvalue weighted by Crippen LogP contribution is 2.21. The van der Waals surface area contributed by atoms with Crippen LogP contribution in [0.4, 0.5) is 5.69 Å². The zero-order valence-electron chi connectivity index (χ0n) is 8.39. The highest BCUT2D eigenvalue weighted by molar-refractivity contribution is 6.28. The number of hydrogen-bond donors (Lipinski definition) is 0. The van der Waals surface area contributed by atoms with Gasteiger partial charge in [0, 0.05) is 18.3 Å². The molecule has 0 atom stereocenters. The SMILES string of the molecule is [C-]#[N+]c1ccccc1Cc1ccnc(Cl)n1. The summed E-state index contributed by atoms with van der Waals surface area (Å²) < 4.78 is 0. The molecule has 3 nitrogen and oxygen atoms in total. The van der Waals surface area contributed by atoms with E-state index < -0.39 is 0 Å². The number of rotatable bonds is 2. The van der Waals surface area contributed by atoms with E-state index in [1.54, 1.807) is 18.3 Å². The first-order valence-corrected chi connectivity index (χ1v) is 5.10. The maximum absolute atomic E-state index is 7.06. The van der Waals surface area contributed by atoms with Crippen molar-refractivity contribution in [2.75, 3.05) is 0 Å². The minimum Gasteiger partial charge on any atom is -0.238 e. The molecule has 0 radical (unpaired) electrons. The Labute approximate surface area is 98.6 Å². The average molecular weight is 230 g/mol. The van der Waals surface area contributed by atoms with Gasteiger partial charge in [0.25, 0.3) is 0 Å². The predicted octanol–water partition coefficient (Wildman–Crippen LogP) is 3.27. The van der Waals surface area contributed by atoms with Gasteiger partial charge >= 0.3 is 0 Å². The van der Waals surface area contributed by atoms with E-state index in [1.807, 2.05) is 18.2 Å². The van der Waals surface area contributed by atoms with Gasteiger partial charge in [0.05, 0.1) is 6.57 Å². The van der Waals surface area contributed by atoms with Gasteiger partial charge in [-0.15, -0.1) is 0 Å². The van der Waals surface area contributed by atoms with Crippen LogP contribution in [-0.4, -0.2) is 9.97 Å². The summed E-state index contributed by atoms with van der Waals surface area (Å²) >= 11 is 5.70. The normalized spacial score (nSPS) is 9.75. The van der Waals surface area contributed by atoms with Crippen molar-refractivity contribution in [3.05, 3.63) is 64.5 Å². The van der Waals surface area contributed by atoms with Crippen molar-refractivity contribution in [3.8, 4) is 0 Å². The van der Waals surface area contributed by atoms with Gasteiger partial charge in [0.15, 0.2) is 5.69 Å². The van der Waals surface area contributed by atoms with Gasteiger partial charge in [-0.3, -0.25) is 0 Å². The molecule has 0 saturated carbocycles. The molecule has 1 aromatic heterocycles. The molecule has 0 N–H and O–H groups in total. The van der Waals surface area contributed by atoms with Crippen molar-refractivity contribution < 1.29 is 0 Å². The molecule has 2 aromatic rings. The second-order valence-corrected chi connectivity index (χ2v) is 3.57. The lowest BCUT2D eigenvalue weighted by atomic mass is 10.1. The third-order valence-electron chi connectivity index (χ3n) is 2.17. The molecule has 0 fully saturated rings. The molecule has 1 heterocycles. The minimum absolute atomic E-state index is 0.234. The number of nitrogens with zero attached hydrogens (tertiary/aromatic N) is 3. The maximum atomic E-state index is 7.06. The van der Waals surface area contributed by atoms with Gasteiger partial charge in [-0.1, -0.05) is 24.3 Å². The van der Waals surface area contributed by atoms with Crippen molar-refractivity contribution in [2.24, 2.45) is 0 Å². The smallest absolute Gasteiger partial charge is 0.222 e. The van der Waals surface area contributed by atoms with Gasteiger partial charge < -0.3 is 0 Å². The zero-order chi connectivity index (χ0) is 11.4. The largest absolute Gasteiger partial charge is 0.238 e. The number of para-hydroxylation sites is 1. The van der Waals surface area contributed by atoms with Crippen LogP contribution in [0, 0.1) is 6.57 Å². The van der Waals surface area contributed by atoms with Crippen molar-refractivity contribution in [1.82, 2.24) is 9.97 Å². The molecule has 0 spiro atoms. The average Bonchev–Trinajstić information content (AvgIpc) is 2.30. The lowest BCUT2D eigenvalue weighted by Crippen LogP contribution is -1.93. The Morgan fingerprint density at radius 1 is 1.25 bits per heavy atom. The fourth-order valence-corrected chi connectivity index (χ4v) is 1.60. The molecule has 0 bridgehead atoms. The van der Waals surface area contributed by atoms with E-state index in [2.05, 4.69) is 14.8 Å². The molecule has 78 valence electrons. The first-order valence-electron chi connectivity index (χ1n) is 4.72. The predicted molar refractivity (Wildman–Crippen MR) is 62.6 cm³/mol. The molecule has 2 rings (SSSR count). The van der Waals surface area contributed by atoms with Gasteiger partial charge in [0.1, 0.15) is 0 Å². The van der Waals surface area contributed by atoms with Crippen LogP contribution < -0.4 is 0 Å². The second-order valence-electron chi connectivity index (χ2n) is 3.23. The zero-order valence-corrected chi connectivity index (χ0v) is 9.15. The number of halogens is 1. The third-order valence-corrected chi connectivity index (χ3v) is 2.35. The maximum Gasteiger partial charge on any atom is 0.222 e. The van der Waals surface area contributed by atoms with E-state index in [-0.39, 0.29) is 5.28 Å². The first-order chi connectivity index (χ1) is 7.79. The summed E-state index contributed by atoms with van der Waals surface area (Å²) in [6.45, 7) is 7.06. The molecule has 0 unspecified atom stereocenters. The van der Waals surface area contributed by atoms with E-state index in [0.717, 1.165) is 11.3 Å². The van der Waals surface area contributed by atoms with Gasteiger partial charge in [-0.05, 0) is 23.2 Å². The van der Waals surface area contributed by atoms with Crippen molar-refractivity contribution in [2.45, 2.75) is 6.42 Å². The Balaban J connectivity index is 2.31. The molecular formula is C12H8ClN3. The summed E-state index contributed by atoms with van der Waals surface area (Å²) in [6, 6.07) is 9.28. The van der Waals surface area contributed by atoms with Crippen LogP contribution in [-0.2, 0) is 6.42 Å². The van der Waals surface area contributed by atoms with Crippen LogP contribution in [0.15, 0.2) is 36.5 Å². The third kappa shape index (κ3) is 2.36. The van der Waals surface area contributed by atoms with E-state index in [0.29, 0.717) is 12.1 Å². The van der Waals surface area contributed by atoms with Gasteiger partial charge in [-0.2, -0.15) is 0 Å². The second kappa shape index (κ2) is 4.73. The highest BCUT2D eigenvalue weighted by Gasteiger charge is 2.03. The van der Waals surface area contributed by atoms with E-state index in [9.17, 15) is 0 Å². The van der Waals surface area contributed by atoms with Crippen molar-refractivity contribution in [3.63, 3.8) is 0 Å². The molecule has 0 aliphatic carbocycles. The van der Waals surface area contributed by atoms with Crippen molar-refractivity contribution in [1.29, 1.82) is 0 Å². The molecule has 0 aliphatic heterocycles. The Bertz CT molecular complexity index is 546. The summed E-state index contributed by atoms with van der Waals surface area (Å²) in [7, 11) is 0. The topological polar surface area (TPSA) is 30.1 Å². The summed E-state index contributed by atoms with van der Waals surface area (Å²) in [5, 5.41) is 0.234. The molecule has 1 aromatic carbocycles. The number of hydrogen-bond acceptors (Lipinski definition) is 2. The van der Waals surface area contributed by atoms with Crippen LogP contribution in [0.3, 0.4) is 0 Å². The van der Waals surface area contributed by atoms with Gasteiger partial charge in [0.2, 0.25) is 5.28 Å². The van der Waals surface area contributed by atoms with Crippen LogP contribution in [0.25, 0.3) is 4.85 Å². The Hall–Kier alpha value is -1.92. The van der Waals surface area contributed by atoms with E-state index in [4.69, 9.17) is 18.2 Å². The Morgan fingerprint density at radius 3 is 2.81 bits per heavy atom. The summed E-state index contributed by atoms with van der Waals surface area (Å²) in [4.78, 5) is 11.4. The number of aromatic nitrogens is 2. The van der Waals surface area contributed by atoms with Crippen LogP contribution in [0.2, 0.25) is 5.28 Å². The fraction of sp³-hybridized carbons (Fsp3) is 0.0833. The lowest BCUT2D eigenvalue weighted by Gasteiger charge is -2.03. The van der Waals surface area contributed by atoms with E-state index in [1.165, 1.54) is 0 Å². The monoisotopic (exact) mass is 229 g/mol. The van der Waals surface area contributed by atoms with Crippen LogP contribution >= 0.6 is 11.6 Å². The minimum atomic E-state index is 0.234. The lowest BCUT2D eigenvalue weighted by molar-refractivity contribution is 1.03. The van der Waals surface area contributed by atoms with Crippen molar-refractivity contribution >= 4 is 17.3 Å². The fourth-order valence-electron chi connectivity index (χ4n) is 1.43. The highest BCUT2D eigenvalue weighted by atomic mass is 35.5. The Kier molecular flexibility index (Phi) is 3.13. The van der Waals surface area contributed by atoms with E-state index >= 15 is 0 Å².